The van der Waals surface area contributed by atoms with E-state index in [-0.39, 0.29) is 5.46 Å². The number of aliphatic hydroxyl groups excluding tert-OH is 1. The molecule has 0 fully saturated rings. The molecule has 16 heavy (non-hydrogen) atoms. The molecule has 1 aromatic rings. The molecular weight excluding hydrogens is 209 g/mol. The molecule has 1 aromatic carbocycles. The van der Waals surface area contributed by atoms with E-state index in [1.165, 1.54) is 12.1 Å². The van der Waals surface area contributed by atoms with Crippen molar-refractivity contribution in [3.63, 3.8) is 0 Å². The number of nitrogens with zero attached hydrogens (tertiary/aromatic N) is 1. The highest BCUT2D eigenvalue weighted by Gasteiger charge is 2.14. The van der Waals surface area contributed by atoms with Gasteiger partial charge in [0, 0.05) is 0 Å². The Hall–Kier alpha value is -1.39. The predicted molar refractivity (Wildman–Crippen MR) is 59.5 cm³/mol. The summed E-state index contributed by atoms with van der Waals surface area (Å²) in [5.74, 6) is 0. The summed E-state index contributed by atoms with van der Waals surface area (Å²) in [5.41, 5.74) is 0.539. The molecule has 0 saturated heterocycles. The monoisotopic (exact) mass is 223 g/mol. The standard InChI is InChI=1S/C7H6BNO2.C3H8O2/c9-5-6-3-1-2-4-7(6)8(10)11;1-2-3(4)5/h1-4,10-11H;3-5H,2H2,1H3. The highest BCUT2D eigenvalue weighted by Crippen LogP contribution is 1.93. The number of rotatable bonds is 2. The molecule has 0 radical (unpaired) electrons. The van der Waals surface area contributed by atoms with Gasteiger partial charge in [-0.3, -0.25) is 0 Å². The maximum absolute atomic E-state index is 8.74. The number of nitriles is 1. The molecule has 4 N–H and O–H groups in total. The van der Waals surface area contributed by atoms with Crippen molar-refractivity contribution in [2.24, 2.45) is 0 Å². The van der Waals surface area contributed by atoms with E-state index in [1.54, 1.807) is 19.1 Å². The van der Waals surface area contributed by atoms with Gasteiger partial charge in [0.25, 0.3) is 0 Å². The SMILES string of the molecule is CCC(O)O.N#Cc1ccccc1B(O)O. The second-order valence-electron chi connectivity index (χ2n) is 2.96. The van der Waals surface area contributed by atoms with Gasteiger partial charge in [-0.25, -0.2) is 0 Å². The first-order chi connectivity index (χ1) is 7.52. The van der Waals surface area contributed by atoms with Crippen molar-refractivity contribution in [2.75, 3.05) is 0 Å². The molecule has 1 rings (SSSR count). The topological polar surface area (TPSA) is 105 Å². The van der Waals surface area contributed by atoms with Crippen LogP contribution in [-0.2, 0) is 0 Å². The van der Waals surface area contributed by atoms with E-state index in [2.05, 4.69) is 0 Å². The van der Waals surface area contributed by atoms with Crippen LogP contribution in [0.1, 0.15) is 18.9 Å². The highest BCUT2D eigenvalue weighted by atomic mass is 16.5. The van der Waals surface area contributed by atoms with E-state index in [4.69, 9.17) is 25.5 Å². The van der Waals surface area contributed by atoms with Crippen molar-refractivity contribution >= 4 is 12.6 Å². The first-order valence-corrected chi connectivity index (χ1v) is 4.74. The van der Waals surface area contributed by atoms with Crippen molar-refractivity contribution < 1.29 is 20.3 Å². The molecule has 5 nitrogen and oxygen atoms in total. The number of hydrogen-bond donors (Lipinski definition) is 4. The molecule has 0 saturated carbocycles. The molecule has 0 aromatic heterocycles. The smallest absolute Gasteiger partial charge is 0.423 e. The molecule has 0 amide bonds. The lowest BCUT2D eigenvalue weighted by Crippen LogP contribution is -2.31. The Morgan fingerprint density at radius 3 is 2.12 bits per heavy atom. The second kappa shape index (κ2) is 7.85. The third-order valence-corrected chi connectivity index (χ3v) is 1.72. The third kappa shape index (κ3) is 5.48. The van der Waals surface area contributed by atoms with Gasteiger partial charge in [0.2, 0.25) is 0 Å². The summed E-state index contributed by atoms with van der Waals surface area (Å²) in [6, 6.07) is 8.22. The van der Waals surface area contributed by atoms with Crippen LogP contribution in [-0.4, -0.2) is 33.7 Å². The summed E-state index contributed by atoms with van der Waals surface area (Å²) in [4.78, 5) is 0. The molecule has 0 aliphatic rings. The van der Waals surface area contributed by atoms with Gasteiger partial charge in [-0.15, -0.1) is 0 Å². The average molecular weight is 223 g/mol. The fraction of sp³-hybridized carbons (Fsp3) is 0.300. The van der Waals surface area contributed by atoms with Crippen molar-refractivity contribution in [2.45, 2.75) is 19.6 Å². The van der Waals surface area contributed by atoms with Crippen LogP contribution in [0.4, 0.5) is 0 Å². The summed E-state index contributed by atoms with van der Waals surface area (Å²) >= 11 is 0. The van der Waals surface area contributed by atoms with Gasteiger partial charge in [-0.2, -0.15) is 5.26 Å². The first kappa shape index (κ1) is 14.6. The number of aliphatic hydroxyl groups is 2. The number of benzene rings is 1. The van der Waals surface area contributed by atoms with Gasteiger partial charge in [0.1, 0.15) is 0 Å². The van der Waals surface area contributed by atoms with Crippen LogP contribution in [0.3, 0.4) is 0 Å². The van der Waals surface area contributed by atoms with Crippen molar-refractivity contribution in [3.8, 4) is 6.07 Å². The van der Waals surface area contributed by atoms with E-state index in [1.807, 2.05) is 6.07 Å². The molecular formula is C10H14BNO4. The zero-order valence-corrected chi connectivity index (χ0v) is 8.91. The minimum Gasteiger partial charge on any atom is -0.423 e. The minimum atomic E-state index is -1.56. The summed E-state index contributed by atoms with van der Waals surface area (Å²) in [5, 5.41) is 41.8. The fourth-order valence-corrected chi connectivity index (χ4v) is 0.824. The van der Waals surface area contributed by atoms with Crippen LogP contribution in [0.25, 0.3) is 0 Å². The third-order valence-electron chi connectivity index (χ3n) is 1.72. The zero-order chi connectivity index (χ0) is 12.6. The van der Waals surface area contributed by atoms with Gasteiger partial charge in [0.15, 0.2) is 6.29 Å². The van der Waals surface area contributed by atoms with Crippen LogP contribution >= 0.6 is 0 Å². The normalized spacial score (nSPS) is 9.06. The summed E-state index contributed by atoms with van der Waals surface area (Å²) < 4.78 is 0. The van der Waals surface area contributed by atoms with Gasteiger partial charge in [-0.1, -0.05) is 25.1 Å². The lowest BCUT2D eigenvalue weighted by molar-refractivity contribution is -0.0413. The van der Waals surface area contributed by atoms with E-state index < -0.39 is 13.4 Å². The Morgan fingerprint density at radius 2 is 1.81 bits per heavy atom. The molecule has 0 atom stereocenters. The van der Waals surface area contributed by atoms with Crippen LogP contribution in [0.2, 0.25) is 0 Å². The summed E-state index contributed by atoms with van der Waals surface area (Å²) in [6.07, 6.45) is -0.699. The Balaban J connectivity index is 0.000000385. The lowest BCUT2D eigenvalue weighted by Gasteiger charge is -1.99. The Bertz CT molecular complexity index is 349. The summed E-state index contributed by atoms with van der Waals surface area (Å²) in [6.45, 7) is 1.70. The molecule has 0 aliphatic carbocycles. The van der Waals surface area contributed by atoms with E-state index in [9.17, 15) is 0 Å². The molecule has 0 spiro atoms. The van der Waals surface area contributed by atoms with Crippen LogP contribution in [0.5, 0.6) is 0 Å². The summed E-state index contributed by atoms with van der Waals surface area (Å²) in [7, 11) is -1.56. The second-order valence-corrected chi connectivity index (χ2v) is 2.96. The maximum Gasteiger partial charge on any atom is 0.489 e. The van der Waals surface area contributed by atoms with E-state index in [0.29, 0.717) is 12.0 Å². The van der Waals surface area contributed by atoms with Gasteiger partial charge in [0.05, 0.1) is 11.6 Å². The first-order valence-electron chi connectivity index (χ1n) is 4.74. The van der Waals surface area contributed by atoms with Gasteiger partial charge < -0.3 is 20.3 Å². The average Bonchev–Trinajstić information content (AvgIpc) is 2.29. The van der Waals surface area contributed by atoms with Crippen molar-refractivity contribution in [1.29, 1.82) is 5.26 Å². The Kier molecular flexibility index (Phi) is 7.17. The van der Waals surface area contributed by atoms with E-state index >= 15 is 0 Å². The molecule has 86 valence electrons. The fourth-order valence-electron chi connectivity index (χ4n) is 0.824. The van der Waals surface area contributed by atoms with Gasteiger partial charge >= 0.3 is 7.12 Å². The largest absolute Gasteiger partial charge is 0.489 e. The molecule has 0 unspecified atom stereocenters. The van der Waals surface area contributed by atoms with Crippen LogP contribution in [0, 0.1) is 11.3 Å². The molecule has 0 aliphatic heterocycles. The van der Waals surface area contributed by atoms with E-state index in [0.717, 1.165) is 0 Å². The van der Waals surface area contributed by atoms with Crippen LogP contribution < -0.4 is 5.46 Å². The maximum atomic E-state index is 8.74. The molecule has 0 heterocycles. The Morgan fingerprint density at radius 1 is 1.31 bits per heavy atom. The van der Waals surface area contributed by atoms with Crippen molar-refractivity contribution in [1.82, 2.24) is 0 Å². The molecule has 6 heteroatoms. The quantitative estimate of drug-likeness (QED) is 0.378. The predicted octanol–water partition coefficient (Wildman–Crippen LogP) is -1.05. The van der Waals surface area contributed by atoms with Crippen molar-refractivity contribution in [3.05, 3.63) is 29.8 Å². The number of hydrogen-bond acceptors (Lipinski definition) is 5. The Labute approximate surface area is 94.4 Å². The lowest BCUT2D eigenvalue weighted by atomic mass is 9.77. The van der Waals surface area contributed by atoms with Crippen LogP contribution in [0.15, 0.2) is 24.3 Å². The highest BCUT2D eigenvalue weighted by molar-refractivity contribution is 6.59. The minimum absolute atomic E-state index is 0.245. The zero-order valence-electron chi connectivity index (χ0n) is 8.91. The molecule has 0 bridgehead atoms. The van der Waals surface area contributed by atoms with Gasteiger partial charge in [-0.05, 0) is 17.9 Å².